The van der Waals surface area contributed by atoms with E-state index in [4.69, 9.17) is 11.6 Å². The van der Waals surface area contributed by atoms with Gasteiger partial charge in [0.1, 0.15) is 5.78 Å². The number of rotatable bonds is 2. The molecule has 24 heavy (non-hydrogen) atoms. The molecule has 3 fully saturated rings. The van der Waals surface area contributed by atoms with E-state index in [1.165, 1.54) is 5.57 Å². The van der Waals surface area contributed by atoms with E-state index in [0.717, 1.165) is 44.9 Å². The number of Topliss-reactive ketones (excluding diaryl/α,β-unsaturated/α-hetero) is 1. The van der Waals surface area contributed by atoms with Crippen LogP contribution in [0.5, 0.6) is 0 Å². The Bertz CT molecular complexity index is 609. The summed E-state index contributed by atoms with van der Waals surface area (Å²) in [5, 5.41) is 0. The van der Waals surface area contributed by atoms with Crippen molar-refractivity contribution < 1.29 is 9.59 Å². The largest absolute Gasteiger partial charge is 0.299 e. The summed E-state index contributed by atoms with van der Waals surface area (Å²) < 4.78 is 0. The predicted octanol–water partition coefficient (Wildman–Crippen LogP) is 4.94. The van der Waals surface area contributed by atoms with Crippen molar-refractivity contribution in [3.63, 3.8) is 0 Å². The molecule has 0 amide bonds. The van der Waals surface area contributed by atoms with Gasteiger partial charge in [-0.2, -0.15) is 0 Å². The van der Waals surface area contributed by atoms with Crippen LogP contribution in [0.15, 0.2) is 11.6 Å². The molecule has 3 saturated carbocycles. The molecule has 0 saturated heterocycles. The van der Waals surface area contributed by atoms with E-state index in [-0.39, 0.29) is 10.8 Å². The van der Waals surface area contributed by atoms with Crippen LogP contribution in [-0.2, 0) is 9.59 Å². The SMILES string of the molecule is C[C@]12CCC(=O)C=C1CC[C@@H]1[C@H]2CC[C@]2(C)C(=O)CC(CCCl)[C@@H]12. The number of carbonyl (C=O) groups excluding carboxylic acids is 2. The predicted molar refractivity (Wildman–Crippen MR) is 95.9 cm³/mol. The normalized spacial score (nSPS) is 47.7. The second-order valence-electron chi connectivity index (χ2n) is 9.21. The molecule has 0 bridgehead atoms. The van der Waals surface area contributed by atoms with Crippen molar-refractivity contribution in [2.45, 2.75) is 65.2 Å². The Hall–Kier alpha value is -0.630. The van der Waals surface area contributed by atoms with Gasteiger partial charge in [0.25, 0.3) is 0 Å². The molecule has 2 nitrogen and oxygen atoms in total. The van der Waals surface area contributed by atoms with Gasteiger partial charge >= 0.3 is 0 Å². The van der Waals surface area contributed by atoms with Crippen LogP contribution < -0.4 is 0 Å². The van der Waals surface area contributed by atoms with Crippen LogP contribution in [0.1, 0.15) is 65.2 Å². The molecule has 0 N–H and O–H groups in total. The number of carbonyl (C=O) groups is 2. The van der Waals surface area contributed by atoms with E-state index in [0.29, 0.717) is 47.5 Å². The minimum absolute atomic E-state index is 0.111. The van der Waals surface area contributed by atoms with Crippen LogP contribution in [0.3, 0.4) is 0 Å². The summed E-state index contributed by atoms with van der Waals surface area (Å²) in [4.78, 5) is 24.7. The van der Waals surface area contributed by atoms with E-state index < -0.39 is 0 Å². The molecule has 132 valence electrons. The fourth-order valence-electron chi connectivity index (χ4n) is 7.02. The van der Waals surface area contributed by atoms with Crippen LogP contribution in [0.4, 0.5) is 0 Å². The maximum atomic E-state index is 12.8. The summed E-state index contributed by atoms with van der Waals surface area (Å²) in [6.07, 6.45) is 9.80. The Labute approximate surface area is 150 Å². The van der Waals surface area contributed by atoms with E-state index in [9.17, 15) is 9.59 Å². The van der Waals surface area contributed by atoms with Gasteiger partial charge in [0.2, 0.25) is 0 Å². The molecule has 4 rings (SSSR count). The van der Waals surface area contributed by atoms with Gasteiger partial charge < -0.3 is 0 Å². The summed E-state index contributed by atoms with van der Waals surface area (Å²) in [6, 6.07) is 0. The number of hydrogen-bond acceptors (Lipinski definition) is 2. The molecule has 0 aromatic rings. The average molecular weight is 349 g/mol. The highest BCUT2D eigenvalue weighted by molar-refractivity contribution is 6.17. The molecule has 4 aliphatic carbocycles. The van der Waals surface area contributed by atoms with E-state index >= 15 is 0 Å². The standard InChI is InChI=1S/C21H29ClO2/c1-20-8-5-15(23)12-14(20)3-4-16-17(20)6-9-21(2)18(24)11-13(7-10-22)19(16)21/h12-13,16-17,19H,3-11H2,1-2H3/t13?,16-,17-,19+,20+,21-/m1/s1. The van der Waals surface area contributed by atoms with E-state index in [1.807, 2.05) is 6.08 Å². The number of fused-ring (bicyclic) bond motifs is 5. The summed E-state index contributed by atoms with van der Waals surface area (Å²) in [6.45, 7) is 4.64. The van der Waals surface area contributed by atoms with Crippen LogP contribution in [0, 0.1) is 34.5 Å². The molecule has 3 heteroatoms. The van der Waals surface area contributed by atoms with E-state index in [1.54, 1.807) is 0 Å². The molecule has 0 aromatic carbocycles. The zero-order chi connectivity index (χ0) is 17.1. The third kappa shape index (κ3) is 2.21. The summed E-state index contributed by atoms with van der Waals surface area (Å²) >= 11 is 6.08. The highest BCUT2D eigenvalue weighted by Gasteiger charge is 2.61. The monoisotopic (exact) mass is 348 g/mol. The number of halogens is 1. The molecular weight excluding hydrogens is 320 g/mol. The molecule has 0 spiro atoms. The minimum atomic E-state index is -0.111. The highest BCUT2D eigenvalue weighted by Crippen LogP contribution is 2.65. The first-order valence-electron chi connectivity index (χ1n) is 9.73. The third-order valence-electron chi connectivity index (χ3n) is 8.29. The topological polar surface area (TPSA) is 34.1 Å². The summed E-state index contributed by atoms with van der Waals surface area (Å²) in [5.74, 6) is 3.75. The van der Waals surface area contributed by atoms with Crippen molar-refractivity contribution in [2.75, 3.05) is 5.88 Å². The number of alkyl halides is 1. The Morgan fingerprint density at radius 2 is 1.92 bits per heavy atom. The van der Waals surface area contributed by atoms with Crippen LogP contribution in [-0.4, -0.2) is 17.4 Å². The summed E-state index contributed by atoms with van der Waals surface area (Å²) in [5.41, 5.74) is 1.48. The van der Waals surface area contributed by atoms with Crippen molar-refractivity contribution >= 4 is 23.2 Å². The van der Waals surface area contributed by atoms with Crippen LogP contribution in [0.25, 0.3) is 0 Å². The molecule has 1 unspecified atom stereocenters. The number of ketones is 2. The van der Waals surface area contributed by atoms with Gasteiger partial charge in [-0.15, -0.1) is 11.6 Å². The zero-order valence-corrected chi connectivity index (χ0v) is 15.7. The Balaban J connectivity index is 1.70. The van der Waals surface area contributed by atoms with Gasteiger partial charge in [-0.05, 0) is 73.7 Å². The fraction of sp³-hybridized carbons (Fsp3) is 0.810. The maximum absolute atomic E-state index is 12.8. The molecule has 0 radical (unpaired) electrons. The molecule has 4 aliphatic rings. The molecule has 0 heterocycles. The van der Waals surface area contributed by atoms with Crippen molar-refractivity contribution in [3.8, 4) is 0 Å². The van der Waals surface area contributed by atoms with Gasteiger partial charge in [0, 0.05) is 24.1 Å². The minimum Gasteiger partial charge on any atom is -0.299 e. The van der Waals surface area contributed by atoms with Gasteiger partial charge in [-0.25, -0.2) is 0 Å². The summed E-state index contributed by atoms with van der Waals surface area (Å²) in [7, 11) is 0. The first-order valence-corrected chi connectivity index (χ1v) is 10.3. The van der Waals surface area contributed by atoms with Gasteiger partial charge in [0.05, 0.1) is 0 Å². The first kappa shape index (κ1) is 16.8. The van der Waals surface area contributed by atoms with Gasteiger partial charge in [-0.3, -0.25) is 9.59 Å². The Morgan fingerprint density at radius 1 is 1.12 bits per heavy atom. The van der Waals surface area contributed by atoms with Crippen molar-refractivity contribution in [1.29, 1.82) is 0 Å². The van der Waals surface area contributed by atoms with Crippen molar-refractivity contribution in [1.82, 2.24) is 0 Å². The molecule has 6 atom stereocenters. The van der Waals surface area contributed by atoms with Gasteiger partial charge in [-0.1, -0.05) is 19.4 Å². The Kier molecular flexibility index (Phi) is 3.99. The fourth-order valence-corrected chi connectivity index (χ4v) is 7.30. The molecule has 0 aromatic heterocycles. The van der Waals surface area contributed by atoms with E-state index in [2.05, 4.69) is 13.8 Å². The number of hydrogen-bond donors (Lipinski definition) is 0. The quantitative estimate of drug-likeness (QED) is 0.662. The van der Waals surface area contributed by atoms with Gasteiger partial charge in [0.15, 0.2) is 5.78 Å². The van der Waals surface area contributed by atoms with Crippen LogP contribution >= 0.6 is 11.6 Å². The maximum Gasteiger partial charge on any atom is 0.155 e. The lowest BCUT2D eigenvalue weighted by molar-refractivity contribution is -0.133. The lowest BCUT2D eigenvalue weighted by Crippen LogP contribution is -2.51. The number of allylic oxidation sites excluding steroid dienone is 1. The zero-order valence-electron chi connectivity index (χ0n) is 14.9. The lowest BCUT2D eigenvalue weighted by atomic mass is 9.46. The second-order valence-corrected chi connectivity index (χ2v) is 9.59. The molecular formula is C21H29ClO2. The highest BCUT2D eigenvalue weighted by atomic mass is 35.5. The Morgan fingerprint density at radius 3 is 2.67 bits per heavy atom. The van der Waals surface area contributed by atoms with Crippen LogP contribution in [0.2, 0.25) is 0 Å². The van der Waals surface area contributed by atoms with Crippen molar-refractivity contribution in [3.05, 3.63) is 11.6 Å². The molecule has 0 aliphatic heterocycles. The smallest absolute Gasteiger partial charge is 0.155 e. The average Bonchev–Trinajstić information content (AvgIpc) is 2.79. The lowest BCUT2D eigenvalue weighted by Gasteiger charge is -2.57. The third-order valence-corrected chi connectivity index (χ3v) is 8.50. The van der Waals surface area contributed by atoms with Crippen molar-refractivity contribution in [2.24, 2.45) is 34.5 Å². The first-order chi connectivity index (χ1) is 11.4. The second kappa shape index (κ2) is 5.69.